The van der Waals surface area contributed by atoms with Crippen LogP contribution in [-0.4, -0.2) is 18.2 Å². The third-order valence-corrected chi connectivity index (χ3v) is 4.61. The Labute approximate surface area is 125 Å². The first-order valence-electron chi connectivity index (χ1n) is 7.83. The van der Waals surface area contributed by atoms with E-state index < -0.39 is 6.43 Å². The molecule has 0 spiro atoms. The van der Waals surface area contributed by atoms with Crippen LogP contribution in [0.25, 0.3) is 0 Å². The van der Waals surface area contributed by atoms with Gasteiger partial charge in [-0.1, -0.05) is 38.1 Å². The molecule has 1 aliphatic rings. The Balaban J connectivity index is 1.87. The molecule has 1 heterocycles. The van der Waals surface area contributed by atoms with Crippen LogP contribution in [0.3, 0.4) is 0 Å². The fourth-order valence-corrected chi connectivity index (χ4v) is 2.99. The number of benzene rings is 1. The zero-order chi connectivity index (χ0) is 15.3. The lowest BCUT2D eigenvalue weighted by Gasteiger charge is -2.40. The second-order valence-electron chi connectivity index (χ2n) is 5.85. The van der Waals surface area contributed by atoms with Gasteiger partial charge in [0.1, 0.15) is 0 Å². The second-order valence-corrected chi connectivity index (χ2v) is 5.85. The zero-order valence-electron chi connectivity index (χ0n) is 12.9. The molecule has 1 N–H and O–H groups in total. The molecule has 21 heavy (non-hydrogen) atoms. The second kappa shape index (κ2) is 7.32. The SMILES string of the molecule is CCC1(CC)CC(NCc2ccc(C(F)F)cc2)CCO1. The molecule has 2 rings (SSSR count). The largest absolute Gasteiger partial charge is 0.375 e. The normalized spacial score (nSPS) is 21.7. The van der Waals surface area contributed by atoms with E-state index in [0.717, 1.165) is 44.4 Å². The fourth-order valence-electron chi connectivity index (χ4n) is 2.99. The smallest absolute Gasteiger partial charge is 0.263 e. The molecule has 118 valence electrons. The first-order chi connectivity index (χ1) is 10.1. The Hall–Kier alpha value is -1.00. The van der Waals surface area contributed by atoms with Crippen LogP contribution >= 0.6 is 0 Å². The molecule has 1 atom stereocenters. The maximum Gasteiger partial charge on any atom is 0.263 e. The molecule has 1 aromatic rings. The van der Waals surface area contributed by atoms with Gasteiger partial charge in [-0.2, -0.15) is 0 Å². The van der Waals surface area contributed by atoms with Crippen LogP contribution in [-0.2, 0) is 11.3 Å². The van der Waals surface area contributed by atoms with Gasteiger partial charge in [0.15, 0.2) is 0 Å². The van der Waals surface area contributed by atoms with E-state index >= 15 is 0 Å². The lowest BCUT2D eigenvalue weighted by molar-refractivity contribution is -0.0932. The monoisotopic (exact) mass is 297 g/mol. The van der Waals surface area contributed by atoms with Crippen LogP contribution in [0.4, 0.5) is 8.78 Å². The van der Waals surface area contributed by atoms with Crippen molar-refractivity contribution in [3.8, 4) is 0 Å². The Kier molecular flexibility index (Phi) is 5.71. The molecule has 0 amide bonds. The number of hydrogen-bond acceptors (Lipinski definition) is 2. The van der Waals surface area contributed by atoms with E-state index in [-0.39, 0.29) is 11.2 Å². The van der Waals surface area contributed by atoms with Gasteiger partial charge in [0.2, 0.25) is 0 Å². The molecule has 0 bridgehead atoms. The molecule has 1 fully saturated rings. The molecule has 1 unspecified atom stereocenters. The summed E-state index contributed by atoms with van der Waals surface area (Å²) in [5.74, 6) is 0. The number of ether oxygens (including phenoxy) is 1. The number of rotatable bonds is 6. The standard InChI is InChI=1S/C17H25F2NO/c1-3-17(4-2)11-15(9-10-21-17)20-12-13-5-7-14(8-6-13)16(18)19/h5-8,15-16,20H,3-4,9-12H2,1-2H3. The van der Waals surface area contributed by atoms with Gasteiger partial charge in [-0.3, -0.25) is 0 Å². The van der Waals surface area contributed by atoms with Gasteiger partial charge in [-0.15, -0.1) is 0 Å². The van der Waals surface area contributed by atoms with E-state index in [9.17, 15) is 8.78 Å². The third kappa shape index (κ3) is 4.24. The molecule has 0 aliphatic carbocycles. The van der Waals surface area contributed by atoms with Crippen LogP contribution in [0, 0.1) is 0 Å². The highest BCUT2D eigenvalue weighted by molar-refractivity contribution is 5.23. The highest BCUT2D eigenvalue weighted by Gasteiger charge is 2.34. The van der Waals surface area contributed by atoms with Crippen molar-refractivity contribution in [3.63, 3.8) is 0 Å². The molecular weight excluding hydrogens is 272 g/mol. The maximum atomic E-state index is 12.5. The van der Waals surface area contributed by atoms with E-state index in [4.69, 9.17) is 4.74 Å². The topological polar surface area (TPSA) is 21.3 Å². The van der Waals surface area contributed by atoms with E-state index in [0.29, 0.717) is 6.04 Å². The Morgan fingerprint density at radius 2 is 1.90 bits per heavy atom. The summed E-state index contributed by atoms with van der Waals surface area (Å²) < 4.78 is 31.0. The molecule has 0 saturated carbocycles. The molecule has 0 radical (unpaired) electrons. The van der Waals surface area contributed by atoms with Crippen molar-refractivity contribution in [1.82, 2.24) is 5.32 Å². The van der Waals surface area contributed by atoms with Crippen LogP contribution < -0.4 is 5.32 Å². The van der Waals surface area contributed by atoms with Crippen LogP contribution in [0.5, 0.6) is 0 Å². The number of hydrogen-bond donors (Lipinski definition) is 1. The van der Waals surface area contributed by atoms with Crippen molar-refractivity contribution >= 4 is 0 Å². The highest BCUT2D eigenvalue weighted by atomic mass is 19.3. The average Bonchev–Trinajstić information content (AvgIpc) is 2.53. The molecule has 1 aliphatic heterocycles. The summed E-state index contributed by atoms with van der Waals surface area (Å²) in [5.41, 5.74) is 1.14. The van der Waals surface area contributed by atoms with E-state index in [1.54, 1.807) is 12.1 Å². The third-order valence-electron chi connectivity index (χ3n) is 4.61. The lowest BCUT2D eigenvalue weighted by atomic mass is 9.86. The van der Waals surface area contributed by atoms with Gasteiger partial charge >= 0.3 is 0 Å². The number of alkyl halides is 2. The predicted molar refractivity (Wildman–Crippen MR) is 80.5 cm³/mol. The van der Waals surface area contributed by atoms with Gasteiger partial charge < -0.3 is 10.1 Å². The maximum absolute atomic E-state index is 12.5. The lowest BCUT2D eigenvalue weighted by Crippen LogP contribution is -2.46. The molecule has 2 nitrogen and oxygen atoms in total. The van der Waals surface area contributed by atoms with Gasteiger partial charge in [0.05, 0.1) is 5.60 Å². The van der Waals surface area contributed by atoms with Crippen LogP contribution in [0.1, 0.15) is 57.1 Å². The minimum Gasteiger partial charge on any atom is -0.375 e. The first kappa shape index (κ1) is 16.4. The first-order valence-corrected chi connectivity index (χ1v) is 7.83. The molecule has 1 saturated heterocycles. The molecule has 0 aromatic heterocycles. The van der Waals surface area contributed by atoms with Crippen LogP contribution in [0.15, 0.2) is 24.3 Å². The number of halogens is 2. The summed E-state index contributed by atoms with van der Waals surface area (Å²) in [5, 5.41) is 3.54. The van der Waals surface area contributed by atoms with Crippen molar-refractivity contribution in [2.45, 2.75) is 64.1 Å². The quantitative estimate of drug-likeness (QED) is 0.837. The summed E-state index contributed by atoms with van der Waals surface area (Å²) in [6.07, 6.45) is 1.71. The summed E-state index contributed by atoms with van der Waals surface area (Å²) in [4.78, 5) is 0. The molecule has 1 aromatic carbocycles. The van der Waals surface area contributed by atoms with E-state index in [1.165, 1.54) is 12.1 Å². The minimum atomic E-state index is -2.39. The summed E-state index contributed by atoms with van der Waals surface area (Å²) in [6.45, 7) is 5.87. The van der Waals surface area contributed by atoms with Crippen molar-refractivity contribution < 1.29 is 13.5 Å². The van der Waals surface area contributed by atoms with Crippen molar-refractivity contribution in [2.75, 3.05) is 6.61 Å². The Morgan fingerprint density at radius 1 is 1.24 bits per heavy atom. The summed E-state index contributed by atoms with van der Waals surface area (Å²) in [6, 6.07) is 7.01. The van der Waals surface area contributed by atoms with Crippen molar-refractivity contribution in [2.24, 2.45) is 0 Å². The van der Waals surface area contributed by atoms with Crippen molar-refractivity contribution in [3.05, 3.63) is 35.4 Å². The predicted octanol–water partition coefficient (Wildman–Crippen LogP) is 4.45. The van der Waals surface area contributed by atoms with E-state index in [1.807, 2.05) is 0 Å². The van der Waals surface area contributed by atoms with Crippen molar-refractivity contribution in [1.29, 1.82) is 0 Å². The van der Waals surface area contributed by atoms with Gasteiger partial charge in [0.25, 0.3) is 6.43 Å². The van der Waals surface area contributed by atoms with Crippen LogP contribution in [0.2, 0.25) is 0 Å². The number of nitrogens with one attached hydrogen (secondary N) is 1. The van der Waals surface area contributed by atoms with Gasteiger partial charge in [0, 0.05) is 24.8 Å². The minimum absolute atomic E-state index is 0.00937. The fraction of sp³-hybridized carbons (Fsp3) is 0.647. The van der Waals surface area contributed by atoms with E-state index in [2.05, 4.69) is 19.2 Å². The average molecular weight is 297 g/mol. The summed E-state index contributed by atoms with van der Waals surface area (Å²) >= 11 is 0. The molecule has 4 heteroatoms. The summed E-state index contributed by atoms with van der Waals surface area (Å²) in [7, 11) is 0. The molecular formula is C17H25F2NO. The van der Waals surface area contributed by atoms with Gasteiger partial charge in [-0.05, 0) is 31.2 Å². The van der Waals surface area contributed by atoms with Gasteiger partial charge in [-0.25, -0.2) is 8.78 Å². The highest BCUT2D eigenvalue weighted by Crippen LogP contribution is 2.31. The Bertz CT molecular complexity index is 429. The zero-order valence-corrected chi connectivity index (χ0v) is 12.9. The Morgan fingerprint density at radius 3 is 2.48 bits per heavy atom.